The fourth-order valence-corrected chi connectivity index (χ4v) is 1.87. The van der Waals surface area contributed by atoms with Crippen LogP contribution in [0.5, 0.6) is 0 Å². The van der Waals surface area contributed by atoms with Crippen molar-refractivity contribution in [2.45, 2.75) is 0 Å². The second-order valence-electron chi connectivity index (χ2n) is 3.68. The van der Waals surface area contributed by atoms with Gasteiger partial charge in [0.15, 0.2) is 0 Å². The number of hydrogen-bond acceptors (Lipinski definition) is 2. The molecular formula is C11H9ClN4. The fraction of sp³-hybridized carbons (Fsp3) is 0.0909. The highest BCUT2D eigenvalue weighted by atomic mass is 35.5. The number of H-pyrrole nitrogens is 1. The van der Waals surface area contributed by atoms with Crippen LogP contribution in [0.15, 0.2) is 30.7 Å². The number of aromatic nitrogens is 4. The summed E-state index contributed by atoms with van der Waals surface area (Å²) < 4.78 is 1.77. The normalized spacial score (nSPS) is 11.1. The number of halogens is 1. The molecule has 3 aromatic heterocycles. The Hall–Kier alpha value is -1.81. The van der Waals surface area contributed by atoms with Gasteiger partial charge in [-0.3, -0.25) is 4.68 Å². The summed E-state index contributed by atoms with van der Waals surface area (Å²) in [6.07, 6.45) is 5.39. The lowest BCUT2D eigenvalue weighted by atomic mass is 10.2. The molecule has 4 nitrogen and oxygen atoms in total. The predicted molar refractivity (Wildman–Crippen MR) is 63.3 cm³/mol. The molecule has 1 N–H and O–H groups in total. The second kappa shape index (κ2) is 3.35. The van der Waals surface area contributed by atoms with Crippen LogP contribution in [0.4, 0.5) is 0 Å². The van der Waals surface area contributed by atoms with E-state index in [1.54, 1.807) is 10.9 Å². The van der Waals surface area contributed by atoms with Gasteiger partial charge >= 0.3 is 0 Å². The van der Waals surface area contributed by atoms with E-state index >= 15 is 0 Å². The summed E-state index contributed by atoms with van der Waals surface area (Å²) in [5.74, 6) is 0. The van der Waals surface area contributed by atoms with Crippen LogP contribution >= 0.6 is 11.6 Å². The van der Waals surface area contributed by atoms with Crippen molar-refractivity contribution in [2.24, 2.45) is 7.05 Å². The summed E-state index contributed by atoms with van der Waals surface area (Å²) in [6.45, 7) is 0. The summed E-state index contributed by atoms with van der Waals surface area (Å²) in [6, 6.07) is 3.91. The first-order valence-corrected chi connectivity index (χ1v) is 5.23. The number of aromatic amines is 1. The van der Waals surface area contributed by atoms with E-state index in [2.05, 4.69) is 15.1 Å². The van der Waals surface area contributed by atoms with E-state index in [1.165, 1.54) is 0 Å². The van der Waals surface area contributed by atoms with Crippen LogP contribution in [0, 0.1) is 0 Å². The van der Waals surface area contributed by atoms with E-state index in [4.69, 9.17) is 11.6 Å². The molecule has 0 aromatic carbocycles. The first-order valence-electron chi connectivity index (χ1n) is 4.86. The lowest BCUT2D eigenvalue weighted by Gasteiger charge is -1.89. The minimum Gasteiger partial charge on any atom is -0.339 e. The van der Waals surface area contributed by atoms with Crippen molar-refractivity contribution in [3.05, 3.63) is 35.7 Å². The Balaban J connectivity index is 2.18. The molecule has 0 saturated heterocycles. The zero-order valence-corrected chi connectivity index (χ0v) is 9.36. The van der Waals surface area contributed by atoms with Crippen molar-refractivity contribution in [1.29, 1.82) is 0 Å². The second-order valence-corrected chi connectivity index (χ2v) is 4.11. The van der Waals surface area contributed by atoms with E-state index in [0.29, 0.717) is 5.02 Å². The molecule has 80 valence electrons. The van der Waals surface area contributed by atoms with Crippen molar-refractivity contribution < 1.29 is 0 Å². The molecule has 0 amide bonds. The molecule has 0 saturated carbocycles. The highest BCUT2D eigenvalue weighted by molar-refractivity contribution is 6.31. The van der Waals surface area contributed by atoms with E-state index in [9.17, 15) is 0 Å². The molecule has 0 aliphatic heterocycles. The van der Waals surface area contributed by atoms with Gasteiger partial charge < -0.3 is 4.98 Å². The maximum atomic E-state index is 5.89. The van der Waals surface area contributed by atoms with Crippen LogP contribution < -0.4 is 0 Å². The summed E-state index contributed by atoms with van der Waals surface area (Å²) in [5.41, 5.74) is 2.87. The minimum atomic E-state index is 0.643. The first-order chi connectivity index (χ1) is 7.72. The van der Waals surface area contributed by atoms with Crippen LogP contribution in [-0.4, -0.2) is 19.7 Å². The molecule has 3 aromatic rings. The van der Waals surface area contributed by atoms with Crippen LogP contribution in [0.1, 0.15) is 0 Å². The van der Waals surface area contributed by atoms with Gasteiger partial charge in [-0.2, -0.15) is 5.10 Å². The number of rotatable bonds is 1. The van der Waals surface area contributed by atoms with Crippen molar-refractivity contribution >= 4 is 22.6 Å². The van der Waals surface area contributed by atoms with Crippen LogP contribution in [0.3, 0.4) is 0 Å². The van der Waals surface area contributed by atoms with Crippen LogP contribution in [0.25, 0.3) is 22.3 Å². The van der Waals surface area contributed by atoms with Crippen LogP contribution in [0.2, 0.25) is 5.02 Å². The van der Waals surface area contributed by atoms with Gasteiger partial charge in [-0.05, 0) is 12.1 Å². The lowest BCUT2D eigenvalue weighted by molar-refractivity contribution is 0.768. The van der Waals surface area contributed by atoms with E-state index in [-0.39, 0.29) is 0 Å². The Bertz CT molecular complexity index is 653. The standard InChI is InChI=1S/C11H9ClN4/c1-16-6-8(4-14-16)10-3-7-2-9(12)5-13-11(7)15-10/h2-6H,1H3,(H,13,15). The third-order valence-corrected chi connectivity index (χ3v) is 2.66. The molecule has 3 rings (SSSR count). The summed E-state index contributed by atoms with van der Waals surface area (Å²) in [4.78, 5) is 7.45. The smallest absolute Gasteiger partial charge is 0.137 e. The topological polar surface area (TPSA) is 46.5 Å². The fourth-order valence-electron chi connectivity index (χ4n) is 1.70. The number of nitrogens with one attached hydrogen (secondary N) is 1. The quantitative estimate of drug-likeness (QED) is 0.701. The molecule has 0 atom stereocenters. The van der Waals surface area contributed by atoms with Gasteiger partial charge in [0.05, 0.1) is 16.9 Å². The van der Waals surface area contributed by atoms with Gasteiger partial charge in [-0.1, -0.05) is 11.6 Å². The Labute approximate surface area is 96.9 Å². The summed E-state index contributed by atoms with van der Waals surface area (Å²) in [5, 5.41) is 5.78. The Morgan fingerprint density at radius 2 is 2.19 bits per heavy atom. The minimum absolute atomic E-state index is 0.643. The summed E-state index contributed by atoms with van der Waals surface area (Å²) in [7, 11) is 1.89. The molecular weight excluding hydrogens is 224 g/mol. The summed E-state index contributed by atoms with van der Waals surface area (Å²) >= 11 is 5.89. The number of fused-ring (bicyclic) bond motifs is 1. The monoisotopic (exact) mass is 232 g/mol. The molecule has 0 bridgehead atoms. The van der Waals surface area contributed by atoms with Crippen LogP contribution in [-0.2, 0) is 7.05 Å². The van der Waals surface area contributed by atoms with Gasteiger partial charge in [0.1, 0.15) is 5.65 Å². The molecule has 0 fully saturated rings. The zero-order valence-electron chi connectivity index (χ0n) is 8.61. The SMILES string of the molecule is Cn1cc(-c2cc3cc(Cl)cnc3[nH]2)cn1. The van der Waals surface area contributed by atoms with Gasteiger partial charge in [0.25, 0.3) is 0 Å². The third kappa shape index (κ3) is 1.47. The number of hydrogen-bond donors (Lipinski definition) is 1. The Morgan fingerprint density at radius 3 is 2.94 bits per heavy atom. The molecule has 16 heavy (non-hydrogen) atoms. The van der Waals surface area contributed by atoms with Crippen molar-refractivity contribution in [3.63, 3.8) is 0 Å². The largest absolute Gasteiger partial charge is 0.339 e. The molecule has 0 aliphatic rings. The predicted octanol–water partition coefficient (Wildman–Crippen LogP) is 2.62. The number of pyridine rings is 1. The van der Waals surface area contributed by atoms with Gasteiger partial charge in [0.2, 0.25) is 0 Å². The van der Waals surface area contributed by atoms with E-state index < -0.39 is 0 Å². The maximum Gasteiger partial charge on any atom is 0.137 e. The van der Waals surface area contributed by atoms with Crippen molar-refractivity contribution in [2.75, 3.05) is 0 Å². The number of nitrogens with zero attached hydrogens (tertiary/aromatic N) is 3. The average molecular weight is 233 g/mol. The number of aryl methyl sites for hydroxylation is 1. The molecule has 3 heterocycles. The Kier molecular flexibility index (Phi) is 1.97. The van der Waals surface area contributed by atoms with E-state index in [0.717, 1.165) is 22.3 Å². The molecule has 0 unspecified atom stereocenters. The molecule has 5 heteroatoms. The highest BCUT2D eigenvalue weighted by Gasteiger charge is 2.06. The van der Waals surface area contributed by atoms with Gasteiger partial charge in [-0.25, -0.2) is 4.98 Å². The first kappa shape index (κ1) is 9.42. The van der Waals surface area contributed by atoms with E-state index in [1.807, 2.05) is 31.6 Å². The third-order valence-electron chi connectivity index (χ3n) is 2.45. The van der Waals surface area contributed by atoms with Gasteiger partial charge in [-0.15, -0.1) is 0 Å². The molecule has 0 spiro atoms. The highest BCUT2D eigenvalue weighted by Crippen LogP contribution is 2.24. The van der Waals surface area contributed by atoms with Crippen molar-refractivity contribution in [1.82, 2.24) is 19.7 Å². The molecule has 0 radical (unpaired) electrons. The maximum absolute atomic E-state index is 5.89. The van der Waals surface area contributed by atoms with Gasteiger partial charge in [0, 0.05) is 30.4 Å². The lowest BCUT2D eigenvalue weighted by Crippen LogP contribution is -1.84. The Morgan fingerprint density at radius 1 is 1.31 bits per heavy atom. The van der Waals surface area contributed by atoms with Crippen molar-refractivity contribution in [3.8, 4) is 11.3 Å². The zero-order chi connectivity index (χ0) is 11.1. The average Bonchev–Trinajstić information content (AvgIpc) is 2.83. The molecule has 0 aliphatic carbocycles.